The lowest BCUT2D eigenvalue weighted by Crippen LogP contribution is -2.34. The second-order valence-corrected chi connectivity index (χ2v) is 10.9. The zero-order valence-corrected chi connectivity index (χ0v) is 19.0. The van der Waals surface area contributed by atoms with Crippen LogP contribution in [0.15, 0.2) is 0 Å². The van der Waals surface area contributed by atoms with Gasteiger partial charge in [-0.1, -0.05) is 27.7 Å². The average Bonchev–Trinajstić information content (AvgIpc) is 2.51. The molecule has 0 aliphatic heterocycles. The molecular formula is C16H31NO10S2. The van der Waals surface area contributed by atoms with Crippen LogP contribution in [0.4, 0.5) is 4.79 Å². The molecule has 0 aliphatic rings. The molecule has 172 valence electrons. The smallest absolute Gasteiger partial charge is 0.410 e. The molecule has 0 aromatic carbocycles. The van der Waals surface area contributed by atoms with E-state index in [2.05, 4.69) is 5.32 Å². The number of carbonyl (C=O) groups excluding carboxylic acids is 2. The summed E-state index contributed by atoms with van der Waals surface area (Å²) in [4.78, 5) is 23.1. The van der Waals surface area contributed by atoms with Crippen molar-refractivity contribution >= 4 is 32.3 Å². The van der Waals surface area contributed by atoms with Gasteiger partial charge < -0.3 is 14.8 Å². The van der Waals surface area contributed by atoms with Crippen molar-refractivity contribution in [3.05, 3.63) is 0 Å². The van der Waals surface area contributed by atoms with Gasteiger partial charge in [-0.15, -0.1) is 0 Å². The van der Waals surface area contributed by atoms with Gasteiger partial charge >= 0.3 is 12.1 Å². The van der Waals surface area contributed by atoms with Crippen LogP contribution in [0.3, 0.4) is 0 Å². The molecule has 0 spiro atoms. The standard InChI is InChI=1S/C16H31NO10S2/c1-12(2)14(18)26-13(3)27-15(19)17-8-7-16(4,5)11-25-29(23,24)10-6-9-28(20,21)22/h12-13H,6-11H2,1-5H3,(H,17,19)(H,20,21,22). The second kappa shape index (κ2) is 11.7. The van der Waals surface area contributed by atoms with Gasteiger partial charge in [0.15, 0.2) is 0 Å². The maximum atomic E-state index is 11.8. The van der Waals surface area contributed by atoms with E-state index in [-0.39, 0.29) is 25.5 Å². The molecule has 0 heterocycles. The van der Waals surface area contributed by atoms with E-state index in [0.717, 1.165) is 0 Å². The molecule has 1 unspecified atom stereocenters. The highest BCUT2D eigenvalue weighted by molar-refractivity contribution is 7.87. The van der Waals surface area contributed by atoms with Gasteiger partial charge in [0.05, 0.1) is 24.0 Å². The van der Waals surface area contributed by atoms with Crippen molar-refractivity contribution in [1.29, 1.82) is 0 Å². The Labute approximate surface area is 172 Å². The third kappa shape index (κ3) is 15.1. The Kier molecular flexibility index (Phi) is 11.1. The van der Waals surface area contributed by atoms with Crippen molar-refractivity contribution in [2.45, 2.75) is 53.8 Å². The molecular weight excluding hydrogens is 430 g/mol. The van der Waals surface area contributed by atoms with E-state index in [1.165, 1.54) is 6.92 Å². The number of rotatable bonds is 13. The summed E-state index contributed by atoms with van der Waals surface area (Å²) in [6, 6.07) is 0. The van der Waals surface area contributed by atoms with Crippen molar-refractivity contribution in [2.75, 3.05) is 24.7 Å². The lowest BCUT2D eigenvalue weighted by molar-refractivity contribution is -0.168. The number of hydrogen-bond acceptors (Lipinski definition) is 9. The first-order valence-electron chi connectivity index (χ1n) is 9.00. The molecule has 0 saturated heterocycles. The zero-order valence-electron chi connectivity index (χ0n) is 17.3. The fourth-order valence-corrected chi connectivity index (χ4v) is 3.62. The monoisotopic (exact) mass is 461 g/mol. The number of amides is 1. The minimum atomic E-state index is -4.23. The first kappa shape index (κ1) is 27.6. The summed E-state index contributed by atoms with van der Waals surface area (Å²) in [7, 11) is -8.18. The summed E-state index contributed by atoms with van der Waals surface area (Å²) >= 11 is 0. The van der Waals surface area contributed by atoms with Crippen molar-refractivity contribution in [1.82, 2.24) is 5.32 Å². The van der Waals surface area contributed by atoms with E-state index < -0.39 is 55.5 Å². The number of esters is 1. The molecule has 29 heavy (non-hydrogen) atoms. The number of hydrogen-bond donors (Lipinski definition) is 2. The SMILES string of the molecule is CC(OC(=O)NCCC(C)(C)COS(=O)(=O)CCCS(=O)(=O)O)OC(=O)C(C)C. The van der Waals surface area contributed by atoms with Crippen LogP contribution in [-0.2, 0) is 38.7 Å². The second-order valence-electron chi connectivity index (χ2n) is 7.57. The van der Waals surface area contributed by atoms with Gasteiger partial charge in [0.25, 0.3) is 20.2 Å². The topological polar surface area (TPSA) is 162 Å². The van der Waals surface area contributed by atoms with Gasteiger partial charge in [-0.3, -0.25) is 13.5 Å². The Bertz CT molecular complexity index is 744. The summed E-state index contributed by atoms with van der Waals surface area (Å²) in [6.45, 7) is 8.12. The molecule has 0 saturated carbocycles. The Morgan fingerprint density at radius 1 is 1.03 bits per heavy atom. The molecule has 0 aliphatic carbocycles. The normalized spacial score (nSPS) is 13.8. The van der Waals surface area contributed by atoms with Crippen LogP contribution in [0.2, 0.25) is 0 Å². The quantitative estimate of drug-likeness (QED) is 0.177. The van der Waals surface area contributed by atoms with E-state index >= 15 is 0 Å². The lowest BCUT2D eigenvalue weighted by atomic mass is 9.91. The Hall–Kier alpha value is -1.44. The molecule has 13 heteroatoms. The van der Waals surface area contributed by atoms with E-state index in [1.54, 1.807) is 27.7 Å². The molecule has 2 N–H and O–H groups in total. The minimum absolute atomic E-state index is 0.156. The van der Waals surface area contributed by atoms with Crippen molar-refractivity contribution in [3.8, 4) is 0 Å². The highest BCUT2D eigenvalue weighted by atomic mass is 32.2. The fraction of sp³-hybridized carbons (Fsp3) is 0.875. The maximum absolute atomic E-state index is 11.8. The average molecular weight is 462 g/mol. The van der Waals surface area contributed by atoms with Crippen LogP contribution < -0.4 is 5.32 Å². The third-order valence-electron chi connectivity index (χ3n) is 3.52. The van der Waals surface area contributed by atoms with Gasteiger partial charge in [-0.05, 0) is 18.3 Å². The van der Waals surface area contributed by atoms with E-state index in [1.807, 2.05) is 0 Å². The molecule has 1 atom stereocenters. The third-order valence-corrected chi connectivity index (χ3v) is 5.59. The molecule has 0 aromatic heterocycles. The molecule has 11 nitrogen and oxygen atoms in total. The minimum Gasteiger partial charge on any atom is -0.425 e. The summed E-state index contributed by atoms with van der Waals surface area (Å²) in [6.07, 6.45) is -1.77. The summed E-state index contributed by atoms with van der Waals surface area (Å²) < 4.78 is 68.0. The summed E-state index contributed by atoms with van der Waals surface area (Å²) in [5, 5.41) is 2.47. The van der Waals surface area contributed by atoms with Gasteiger partial charge in [0.2, 0.25) is 6.29 Å². The van der Waals surface area contributed by atoms with Crippen molar-refractivity contribution in [2.24, 2.45) is 11.3 Å². The van der Waals surface area contributed by atoms with Crippen LogP contribution >= 0.6 is 0 Å². The number of carbonyl (C=O) groups is 2. The molecule has 1 amide bonds. The van der Waals surface area contributed by atoms with Crippen LogP contribution in [0.25, 0.3) is 0 Å². The number of nitrogens with one attached hydrogen (secondary N) is 1. The van der Waals surface area contributed by atoms with Gasteiger partial charge in [0.1, 0.15) is 0 Å². The lowest BCUT2D eigenvalue weighted by Gasteiger charge is -2.24. The molecule has 0 rings (SSSR count). The van der Waals surface area contributed by atoms with Crippen LogP contribution in [0, 0.1) is 11.3 Å². The van der Waals surface area contributed by atoms with Crippen LogP contribution in [0.5, 0.6) is 0 Å². The Morgan fingerprint density at radius 3 is 2.14 bits per heavy atom. The predicted molar refractivity (Wildman–Crippen MR) is 104 cm³/mol. The van der Waals surface area contributed by atoms with Gasteiger partial charge in [-0.2, -0.15) is 16.8 Å². The molecule has 0 radical (unpaired) electrons. The fourth-order valence-electron chi connectivity index (χ4n) is 1.82. The molecule has 0 fully saturated rings. The Morgan fingerprint density at radius 2 is 1.62 bits per heavy atom. The first-order valence-corrected chi connectivity index (χ1v) is 12.2. The molecule has 0 aromatic rings. The number of alkyl carbamates (subject to hydrolysis) is 1. The Balaban J connectivity index is 4.25. The number of ether oxygens (including phenoxy) is 2. The first-order chi connectivity index (χ1) is 13.0. The van der Waals surface area contributed by atoms with Gasteiger partial charge in [-0.25, -0.2) is 4.79 Å². The maximum Gasteiger partial charge on any atom is 0.410 e. The highest BCUT2D eigenvalue weighted by Crippen LogP contribution is 2.21. The van der Waals surface area contributed by atoms with Crippen LogP contribution in [-0.4, -0.2) is 64.4 Å². The highest BCUT2D eigenvalue weighted by Gasteiger charge is 2.23. The summed E-state index contributed by atoms with van der Waals surface area (Å²) in [5.41, 5.74) is -0.626. The van der Waals surface area contributed by atoms with E-state index in [4.69, 9.17) is 18.2 Å². The van der Waals surface area contributed by atoms with Crippen LogP contribution in [0.1, 0.15) is 47.5 Å². The van der Waals surface area contributed by atoms with Crippen molar-refractivity contribution < 1.29 is 44.6 Å². The van der Waals surface area contributed by atoms with Crippen molar-refractivity contribution in [3.63, 3.8) is 0 Å². The van der Waals surface area contributed by atoms with E-state index in [0.29, 0.717) is 6.42 Å². The summed E-state index contributed by atoms with van der Waals surface area (Å²) in [5.74, 6) is -2.06. The largest absolute Gasteiger partial charge is 0.425 e. The predicted octanol–water partition coefficient (Wildman–Crippen LogP) is 1.30. The van der Waals surface area contributed by atoms with Gasteiger partial charge in [0, 0.05) is 13.5 Å². The molecule has 0 bridgehead atoms. The van der Waals surface area contributed by atoms with E-state index in [9.17, 15) is 26.4 Å². The zero-order chi connectivity index (χ0) is 22.9.